The van der Waals surface area contributed by atoms with Crippen LogP contribution in [-0.4, -0.2) is 96.7 Å². The average Bonchev–Trinajstić information content (AvgIpc) is 0.908. The van der Waals surface area contributed by atoms with E-state index < -0.39 is 97.5 Å². The fourth-order valence-electron chi connectivity index (χ4n) is 13.1. The largest absolute Gasteiger partial charge is 0.472 e. The van der Waals surface area contributed by atoms with Gasteiger partial charge >= 0.3 is 39.5 Å². The van der Waals surface area contributed by atoms with Gasteiger partial charge < -0.3 is 33.8 Å². The summed E-state index contributed by atoms with van der Waals surface area (Å²) < 4.78 is 68.8. The van der Waals surface area contributed by atoms with Gasteiger partial charge in [0, 0.05) is 25.7 Å². The van der Waals surface area contributed by atoms with Gasteiger partial charge in [-0.3, -0.25) is 37.3 Å². The molecular formula is C85H166O17P2. The van der Waals surface area contributed by atoms with E-state index in [-0.39, 0.29) is 25.7 Å². The second-order valence-electron chi connectivity index (χ2n) is 32.0. The minimum Gasteiger partial charge on any atom is -0.462 e. The third kappa shape index (κ3) is 75.5. The van der Waals surface area contributed by atoms with Crippen LogP contribution in [0.15, 0.2) is 0 Å². The van der Waals surface area contributed by atoms with E-state index in [0.29, 0.717) is 25.7 Å². The molecule has 3 N–H and O–H groups in total. The van der Waals surface area contributed by atoms with Crippen molar-refractivity contribution in [3.8, 4) is 0 Å². The molecule has 0 aliphatic rings. The molecule has 0 aromatic heterocycles. The summed E-state index contributed by atoms with van der Waals surface area (Å²) in [4.78, 5) is 73.1. The summed E-state index contributed by atoms with van der Waals surface area (Å²) in [5.41, 5.74) is 0. The van der Waals surface area contributed by atoms with E-state index in [0.717, 1.165) is 114 Å². The summed E-state index contributed by atoms with van der Waals surface area (Å²) in [7, 11) is -9.92. The van der Waals surface area contributed by atoms with Gasteiger partial charge in [-0.05, 0) is 49.4 Å². The molecule has 7 atom stereocenters. The highest BCUT2D eigenvalue weighted by Crippen LogP contribution is 2.45. The van der Waals surface area contributed by atoms with E-state index >= 15 is 0 Å². The Labute approximate surface area is 638 Å². The van der Waals surface area contributed by atoms with Crippen LogP contribution in [-0.2, 0) is 65.4 Å². The molecule has 104 heavy (non-hydrogen) atoms. The topological polar surface area (TPSA) is 237 Å². The molecule has 0 aromatic carbocycles. The summed E-state index contributed by atoms with van der Waals surface area (Å²) in [6.45, 7) is 14.3. The van der Waals surface area contributed by atoms with Gasteiger partial charge in [-0.2, -0.15) is 0 Å². The smallest absolute Gasteiger partial charge is 0.462 e. The average molecular weight is 1520 g/mol. The zero-order valence-corrected chi connectivity index (χ0v) is 70.5. The molecule has 0 heterocycles. The number of esters is 4. The van der Waals surface area contributed by atoms with Crippen LogP contribution in [0.25, 0.3) is 0 Å². The lowest BCUT2D eigenvalue weighted by atomic mass is 9.99. The Morgan fingerprint density at radius 1 is 0.269 bits per heavy atom. The van der Waals surface area contributed by atoms with E-state index in [1.807, 2.05) is 0 Å². The van der Waals surface area contributed by atoms with E-state index in [2.05, 4.69) is 55.4 Å². The summed E-state index contributed by atoms with van der Waals surface area (Å²) in [6, 6.07) is 0. The maximum Gasteiger partial charge on any atom is 0.472 e. The second kappa shape index (κ2) is 73.8. The molecule has 0 radical (unpaired) electrons. The van der Waals surface area contributed by atoms with Crippen molar-refractivity contribution in [3.05, 3.63) is 0 Å². The third-order valence-corrected chi connectivity index (χ3v) is 22.4. The zero-order chi connectivity index (χ0) is 76.7. The number of hydrogen-bond acceptors (Lipinski definition) is 15. The van der Waals surface area contributed by atoms with Crippen LogP contribution in [0.2, 0.25) is 0 Å². The highest BCUT2D eigenvalue weighted by molar-refractivity contribution is 7.47. The van der Waals surface area contributed by atoms with E-state index in [1.165, 1.54) is 244 Å². The van der Waals surface area contributed by atoms with Gasteiger partial charge in [0.25, 0.3) is 0 Å². The quantitative estimate of drug-likeness (QED) is 0.0222. The molecule has 0 spiro atoms. The monoisotopic (exact) mass is 1520 g/mol. The number of phosphoric ester groups is 2. The van der Waals surface area contributed by atoms with Crippen LogP contribution in [0.5, 0.6) is 0 Å². The molecular weight excluding hydrogens is 1350 g/mol. The van der Waals surface area contributed by atoms with Gasteiger partial charge in [0.05, 0.1) is 26.4 Å². The molecule has 5 unspecified atom stereocenters. The number of hydrogen-bond donors (Lipinski definition) is 3. The molecule has 0 fully saturated rings. The lowest BCUT2D eigenvalue weighted by Gasteiger charge is -2.21. The SMILES string of the molecule is CCC(C)CCCCCCCCCCCCCCCCCCCCC(=O)O[C@H](COC(=O)CCCCCCCCCCCCCCCCCCCCC(C)C)COP(=O)(O)OCC(O)COP(=O)(O)OC[C@@H](COC(=O)CCCCCCCCCCC(C)C)OC(=O)CCCCCCCCC(C)CC. The van der Waals surface area contributed by atoms with Crippen LogP contribution >= 0.6 is 15.6 Å². The standard InChI is InChI=1S/C85H166O17P2/c1-9-77(7)63-55-47-39-32-28-24-20-16-12-14-18-22-26-30-34-42-51-59-67-84(89)101-80(71-95-82(87)65-57-49-40-33-29-25-21-17-13-11-15-19-23-27-31-37-45-53-61-75(3)4)73-99-103(91,92)97-69-79(86)70-98-104(93,94)100-74-81(102-85(90)68-60-52-44-43-48-56-64-78(8)10-2)72-96-83(88)66-58-50-41-36-35-38-46-54-62-76(5)6/h75-81,86H,9-74H2,1-8H3,(H,91,92)(H,93,94)/t77?,78?,79?,80-,81-/m1/s1. The fraction of sp³-hybridized carbons (Fsp3) is 0.953. The Morgan fingerprint density at radius 3 is 0.683 bits per heavy atom. The van der Waals surface area contributed by atoms with E-state index in [9.17, 15) is 43.2 Å². The number of phosphoric acid groups is 2. The minimum atomic E-state index is -4.97. The van der Waals surface area contributed by atoms with Gasteiger partial charge in [0.2, 0.25) is 0 Å². The van der Waals surface area contributed by atoms with Crippen molar-refractivity contribution in [2.24, 2.45) is 23.7 Å². The van der Waals surface area contributed by atoms with Crippen molar-refractivity contribution in [2.75, 3.05) is 39.6 Å². The Hall–Kier alpha value is -1.94. The molecule has 0 aromatic rings. The number of rotatable bonds is 82. The van der Waals surface area contributed by atoms with Crippen molar-refractivity contribution in [1.82, 2.24) is 0 Å². The summed E-state index contributed by atoms with van der Waals surface area (Å²) >= 11 is 0. The Kier molecular flexibility index (Phi) is 72.5. The van der Waals surface area contributed by atoms with Crippen molar-refractivity contribution in [2.45, 2.75) is 459 Å². The molecule has 618 valence electrons. The van der Waals surface area contributed by atoms with Gasteiger partial charge in [-0.25, -0.2) is 9.13 Å². The molecule has 0 rings (SSSR count). The molecule has 17 nitrogen and oxygen atoms in total. The number of aliphatic hydroxyl groups excluding tert-OH is 1. The van der Waals surface area contributed by atoms with Gasteiger partial charge in [0.1, 0.15) is 19.3 Å². The lowest BCUT2D eigenvalue weighted by Crippen LogP contribution is -2.30. The second-order valence-corrected chi connectivity index (χ2v) is 34.9. The van der Waals surface area contributed by atoms with Crippen molar-refractivity contribution in [1.29, 1.82) is 0 Å². The van der Waals surface area contributed by atoms with Crippen molar-refractivity contribution in [3.63, 3.8) is 0 Å². The summed E-state index contributed by atoms with van der Waals surface area (Å²) in [5.74, 6) is 1.03. The molecule has 0 saturated carbocycles. The fourth-order valence-corrected chi connectivity index (χ4v) is 14.7. The molecule has 19 heteroatoms. The van der Waals surface area contributed by atoms with Crippen molar-refractivity contribution >= 4 is 39.5 Å². The number of carbonyl (C=O) groups is 4. The maximum atomic E-state index is 13.1. The summed E-state index contributed by atoms with van der Waals surface area (Å²) in [5, 5.41) is 10.7. The first-order valence-corrected chi connectivity index (χ1v) is 46.8. The normalized spacial score (nSPS) is 14.5. The van der Waals surface area contributed by atoms with Crippen LogP contribution in [0.3, 0.4) is 0 Å². The molecule has 0 aliphatic carbocycles. The predicted molar refractivity (Wildman–Crippen MR) is 428 cm³/mol. The van der Waals surface area contributed by atoms with Gasteiger partial charge in [0.15, 0.2) is 12.2 Å². The summed E-state index contributed by atoms with van der Waals surface area (Å²) in [6.07, 6.45) is 62.7. The first-order chi connectivity index (χ1) is 50.2. The number of unbranched alkanes of at least 4 members (excludes halogenated alkanes) is 46. The highest BCUT2D eigenvalue weighted by atomic mass is 31.2. The number of aliphatic hydroxyl groups is 1. The predicted octanol–water partition coefficient (Wildman–Crippen LogP) is 25.6. The Morgan fingerprint density at radius 2 is 0.462 bits per heavy atom. The van der Waals surface area contributed by atoms with Crippen LogP contribution in [0.4, 0.5) is 0 Å². The van der Waals surface area contributed by atoms with Gasteiger partial charge in [-0.1, -0.05) is 389 Å². The third-order valence-electron chi connectivity index (χ3n) is 20.5. The maximum absolute atomic E-state index is 13.1. The zero-order valence-electron chi connectivity index (χ0n) is 68.7. The lowest BCUT2D eigenvalue weighted by molar-refractivity contribution is -0.161. The van der Waals surface area contributed by atoms with E-state index in [1.54, 1.807) is 0 Å². The molecule has 0 saturated heterocycles. The van der Waals surface area contributed by atoms with Crippen LogP contribution < -0.4 is 0 Å². The number of ether oxygens (including phenoxy) is 4. The first-order valence-electron chi connectivity index (χ1n) is 43.8. The molecule has 0 aliphatic heterocycles. The van der Waals surface area contributed by atoms with Crippen molar-refractivity contribution < 1.29 is 80.2 Å². The number of carbonyl (C=O) groups excluding carboxylic acids is 4. The van der Waals surface area contributed by atoms with Crippen LogP contribution in [0.1, 0.15) is 441 Å². The Balaban J connectivity index is 5.19. The Bertz CT molecular complexity index is 2030. The minimum absolute atomic E-state index is 0.102. The molecule has 0 amide bonds. The first kappa shape index (κ1) is 102. The van der Waals surface area contributed by atoms with Crippen LogP contribution in [0, 0.1) is 23.7 Å². The van der Waals surface area contributed by atoms with Gasteiger partial charge in [-0.15, -0.1) is 0 Å². The molecule has 0 bridgehead atoms. The highest BCUT2D eigenvalue weighted by Gasteiger charge is 2.30. The van der Waals surface area contributed by atoms with E-state index in [4.69, 9.17) is 37.0 Å².